The number of hydrogen-bond acceptors (Lipinski definition) is 2. The molecule has 0 spiro atoms. The van der Waals surface area contributed by atoms with E-state index in [-0.39, 0.29) is 11.6 Å². The van der Waals surface area contributed by atoms with Gasteiger partial charge in [-0.05, 0) is 13.0 Å². The molecule has 0 amide bonds. The van der Waals surface area contributed by atoms with Gasteiger partial charge >= 0.3 is 0 Å². The summed E-state index contributed by atoms with van der Waals surface area (Å²) in [5, 5.41) is 0. The molecule has 0 atom stereocenters. The number of carbonyl (C=O) groups is 2. The van der Waals surface area contributed by atoms with Crippen LogP contribution < -0.4 is 0 Å². The summed E-state index contributed by atoms with van der Waals surface area (Å²) in [4.78, 5) is 20.9. The first kappa shape index (κ1) is 9.08. The summed E-state index contributed by atoms with van der Waals surface area (Å²) in [6.07, 6.45) is 3.96. The highest BCUT2D eigenvalue weighted by atomic mass is 16.1. The van der Waals surface area contributed by atoms with Crippen LogP contribution in [0.25, 0.3) is 0 Å². The molecule has 0 aromatic rings. The fourth-order valence-corrected chi connectivity index (χ4v) is 0.501. The van der Waals surface area contributed by atoms with Crippen LogP contribution in [-0.2, 0) is 9.59 Å². The van der Waals surface area contributed by atoms with Gasteiger partial charge in [0.25, 0.3) is 0 Å². The highest BCUT2D eigenvalue weighted by Crippen LogP contribution is 1.89. The van der Waals surface area contributed by atoms with Gasteiger partial charge in [-0.3, -0.25) is 9.59 Å². The molecule has 0 aromatic carbocycles. The molecule has 0 N–H and O–H groups in total. The predicted molar refractivity (Wildman–Crippen MR) is 39.7 cm³/mol. The van der Waals surface area contributed by atoms with E-state index in [4.69, 9.17) is 0 Å². The Hall–Kier alpha value is -0.920. The van der Waals surface area contributed by atoms with Crippen LogP contribution in [-0.4, -0.2) is 11.6 Å². The van der Waals surface area contributed by atoms with Crippen LogP contribution in [0.15, 0.2) is 12.2 Å². The molecule has 0 fully saturated rings. The summed E-state index contributed by atoms with van der Waals surface area (Å²) in [5.41, 5.74) is 0. The van der Waals surface area contributed by atoms with Crippen molar-refractivity contribution in [2.75, 3.05) is 0 Å². The monoisotopic (exact) mass is 140 g/mol. The number of ketones is 2. The predicted octanol–water partition coefficient (Wildman–Crippen LogP) is 1.50. The first-order chi connectivity index (χ1) is 4.66. The first-order valence-corrected chi connectivity index (χ1v) is 3.35. The van der Waals surface area contributed by atoms with Gasteiger partial charge in [-0.15, -0.1) is 0 Å². The van der Waals surface area contributed by atoms with Crippen molar-refractivity contribution in [1.29, 1.82) is 0 Å². The molecular formula is C8H12O2. The molecule has 0 bridgehead atoms. The van der Waals surface area contributed by atoms with E-state index in [1.54, 1.807) is 6.08 Å². The lowest BCUT2D eigenvalue weighted by molar-refractivity contribution is -0.117. The third-order valence-corrected chi connectivity index (χ3v) is 1.09. The van der Waals surface area contributed by atoms with Crippen LogP contribution in [0.1, 0.15) is 26.7 Å². The fraction of sp³-hybridized carbons (Fsp3) is 0.500. The molecule has 0 aliphatic rings. The number of Topliss-reactive ketones (excluding diaryl/α,β-unsaturated/α-hetero) is 1. The lowest BCUT2D eigenvalue weighted by Crippen LogP contribution is -1.91. The van der Waals surface area contributed by atoms with Crippen LogP contribution >= 0.6 is 0 Å². The Morgan fingerprint density at radius 1 is 1.40 bits per heavy atom. The van der Waals surface area contributed by atoms with Gasteiger partial charge in [0.2, 0.25) is 0 Å². The maximum Gasteiger partial charge on any atom is 0.152 e. The third-order valence-electron chi connectivity index (χ3n) is 1.09. The molecule has 0 aromatic heterocycles. The summed E-state index contributed by atoms with van der Waals surface area (Å²) < 4.78 is 0. The molecular weight excluding hydrogens is 128 g/mol. The average molecular weight is 140 g/mol. The summed E-state index contributed by atoms with van der Waals surface area (Å²) in [7, 11) is 0. The van der Waals surface area contributed by atoms with Crippen LogP contribution in [0, 0.1) is 0 Å². The molecule has 0 aliphatic heterocycles. The third kappa shape index (κ3) is 5.22. The summed E-state index contributed by atoms with van der Waals surface area (Å²) in [6, 6.07) is 0. The van der Waals surface area contributed by atoms with Crippen LogP contribution in [0.5, 0.6) is 0 Å². The summed E-state index contributed by atoms with van der Waals surface area (Å²) in [6.45, 7) is 3.27. The Labute approximate surface area is 60.9 Å². The zero-order valence-corrected chi connectivity index (χ0v) is 6.39. The van der Waals surface area contributed by atoms with Gasteiger partial charge in [-0.1, -0.05) is 13.0 Å². The molecule has 2 nitrogen and oxygen atoms in total. The van der Waals surface area contributed by atoms with Crippen molar-refractivity contribution in [3.63, 3.8) is 0 Å². The molecule has 10 heavy (non-hydrogen) atoms. The normalized spacial score (nSPS) is 10.2. The van der Waals surface area contributed by atoms with E-state index in [1.165, 1.54) is 13.0 Å². The minimum atomic E-state index is -0.0103. The van der Waals surface area contributed by atoms with E-state index in [2.05, 4.69) is 0 Å². The molecule has 56 valence electrons. The van der Waals surface area contributed by atoms with Crippen molar-refractivity contribution in [3.05, 3.63) is 12.2 Å². The van der Waals surface area contributed by atoms with E-state index in [9.17, 15) is 9.59 Å². The van der Waals surface area contributed by atoms with Crippen molar-refractivity contribution in [1.82, 2.24) is 0 Å². The molecule has 0 unspecified atom stereocenters. The van der Waals surface area contributed by atoms with Crippen molar-refractivity contribution >= 4 is 11.6 Å². The maximum atomic E-state index is 10.6. The number of rotatable bonds is 4. The smallest absolute Gasteiger partial charge is 0.152 e. The van der Waals surface area contributed by atoms with Gasteiger partial charge in [0.15, 0.2) is 5.78 Å². The second kappa shape index (κ2) is 4.91. The van der Waals surface area contributed by atoms with Gasteiger partial charge < -0.3 is 0 Å². The Balaban J connectivity index is 3.53. The van der Waals surface area contributed by atoms with Gasteiger partial charge in [0.05, 0.1) is 0 Å². The maximum absolute atomic E-state index is 10.6. The van der Waals surface area contributed by atoms with Crippen LogP contribution in [0.3, 0.4) is 0 Å². The second-order valence-electron chi connectivity index (χ2n) is 2.11. The number of allylic oxidation sites excluding steroid dienone is 2. The van der Waals surface area contributed by atoms with Crippen molar-refractivity contribution < 1.29 is 9.59 Å². The molecule has 0 heterocycles. The van der Waals surface area contributed by atoms with E-state index in [0.717, 1.165) is 0 Å². The van der Waals surface area contributed by atoms with Crippen molar-refractivity contribution in [3.8, 4) is 0 Å². The van der Waals surface area contributed by atoms with Crippen LogP contribution in [0.4, 0.5) is 0 Å². The van der Waals surface area contributed by atoms with Gasteiger partial charge in [0.1, 0.15) is 5.78 Å². The lowest BCUT2D eigenvalue weighted by atomic mass is 10.2. The molecule has 0 saturated heterocycles. The first-order valence-electron chi connectivity index (χ1n) is 3.35. The minimum Gasteiger partial charge on any atom is -0.299 e. The highest BCUT2D eigenvalue weighted by Gasteiger charge is 1.92. The molecule has 0 rings (SSSR count). The Morgan fingerprint density at radius 2 is 2.00 bits per heavy atom. The van der Waals surface area contributed by atoms with Gasteiger partial charge in [0, 0.05) is 12.8 Å². The van der Waals surface area contributed by atoms with E-state index < -0.39 is 0 Å². The number of carbonyl (C=O) groups excluding carboxylic acids is 2. The van der Waals surface area contributed by atoms with Gasteiger partial charge in [-0.25, -0.2) is 0 Å². The highest BCUT2D eigenvalue weighted by molar-refractivity contribution is 5.88. The summed E-state index contributed by atoms with van der Waals surface area (Å²) in [5.74, 6) is 0.154. The van der Waals surface area contributed by atoms with Gasteiger partial charge in [-0.2, -0.15) is 0 Å². The Kier molecular flexibility index (Phi) is 4.46. The zero-order valence-electron chi connectivity index (χ0n) is 6.39. The topological polar surface area (TPSA) is 34.1 Å². The molecule has 0 saturated carbocycles. The lowest BCUT2D eigenvalue weighted by Gasteiger charge is -1.86. The van der Waals surface area contributed by atoms with E-state index >= 15 is 0 Å². The SMILES string of the molecule is CCC(=O)C/C=C\C(C)=O. The molecule has 0 radical (unpaired) electrons. The molecule has 2 heteroatoms. The Bertz CT molecular complexity index is 157. The van der Waals surface area contributed by atoms with Crippen LogP contribution in [0.2, 0.25) is 0 Å². The summed E-state index contributed by atoms with van der Waals surface area (Å²) >= 11 is 0. The quantitative estimate of drug-likeness (QED) is 0.554. The van der Waals surface area contributed by atoms with Crippen molar-refractivity contribution in [2.24, 2.45) is 0 Å². The van der Waals surface area contributed by atoms with Crippen molar-refractivity contribution in [2.45, 2.75) is 26.7 Å². The molecule has 0 aliphatic carbocycles. The minimum absolute atomic E-state index is 0.0103. The standard InChI is InChI=1S/C8H12O2/c1-3-8(10)6-4-5-7(2)9/h4-5H,3,6H2,1-2H3/b5-4-. The largest absolute Gasteiger partial charge is 0.299 e. The van der Waals surface area contributed by atoms with E-state index in [0.29, 0.717) is 12.8 Å². The average Bonchev–Trinajstić information content (AvgIpc) is 1.87. The Morgan fingerprint density at radius 3 is 2.40 bits per heavy atom. The number of hydrogen-bond donors (Lipinski definition) is 0. The zero-order chi connectivity index (χ0) is 7.98. The fourth-order valence-electron chi connectivity index (χ4n) is 0.501. The van der Waals surface area contributed by atoms with E-state index in [1.807, 2.05) is 6.92 Å². The second-order valence-corrected chi connectivity index (χ2v) is 2.11.